The smallest absolute Gasteiger partial charge is 0.536 e. The first kappa shape index (κ1) is 15.0. The van der Waals surface area contributed by atoms with Gasteiger partial charge in [-0.2, -0.15) is 0 Å². The van der Waals surface area contributed by atoms with Gasteiger partial charge in [-0.3, -0.25) is 0 Å². The van der Waals surface area contributed by atoms with Crippen molar-refractivity contribution >= 4 is 29.5 Å². The maximum atomic E-state index is 9.03. The molecule has 1 radical (unpaired) electrons. The Morgan fingerprint density at radius 2 is 1.82 bits per heavy atom. The first-order valence-electron chi connectivity index (χ1n) is 7.99. The fourth-order valence-corrected chi connectivity index (χ4v) is 3.16. The Balaban J connectivity index is 2.11. The Hall–Kier alpha value is -1.94. The van der Waals surface area contributed by atoms with E-state index in [9.17, 15) is 0 Å². The van der Waals surface area contributed by atoms with Gasteiger partial charge in [-0.25, -0.2) is 0 Å². The Morgan fingerprint density at radius 1 is 1.00 bits per heavy atom. The van der Waals surface area contributed by atoms with Crippen LogP contribution >= 0.6 is 0 Å². The summed E-state index contributed by atoms with van der Waals surface area (Å²) in [6.45, 7) is 3.19. The Bertz CT molecular complexity index is 766. The average molecular weight is 294 g/mol. The number of aromatic nitrogens is 1. The molecule has 0 unspecified atom stereocenters. The van der Waals surface area contributed by atoms with Crippen molar-refractivity contribution in [2.24, 2.45) is 0 Å². The molecule has 2 aromatic carbocycles. The summed E-state index contributed by atoms with van der Waals surface area (Å²) in [5.41, 5.74) is 2.29. The predicted octanol–water partition coefficient (Wildman–Crippen LogP) is 4.28. The van der Waals surface area contributed by atoms with Gasteiger partial charge in [-0.1, -0.05) is 56.5 Å². The molecule has 0 amide bonds. The Labute approximate surface area is 131 Å². The van der Waals surface area contributed by atoms with Crippen molar-refractivity contribution in [3.05, 3.63) is 42.5 Å². The molecule has 0 aliphatic heterocycles. The quantitative estimate of drug-likeness (QED) is 0.521. The van der Waals surface area contributed by atoms with Crippen molar-refractivity contribution in [2.75, 3.05) is 0 Å². The minimum atomic E-state index is 0.701. The molecule has 0 aliphatic carbocycles. The van der Waals surface area contributed by atoms with Crippen molar-refractivity contribution in [2.45, 2.75) is 39.2 Å². The van der Waals surface area contributed by atoms with Crippen molar-refractivity contribution < 1.29 is 9.68 Å². The van der Waals surface area contributed by atoms with Crippen LogP contribution in [0.4, 0.5) is 0 Å². The second-order valence-corrected chi connectivity index (χ2v) is 5.61. The van der Waals surface area contributed by atoms with Gasteiger partial charge >= 0.3 is 7.69 Å². The number of unbranched alkanes of at least 4 members (excludes halogenated alkanes) is 3. The van der Waals surface area contributed by atoms with Gasteiger partial charge in [0.25, 0.3) is 0 Å². The number of aryl methyl sites for hydroxylation is 1. The minimum absolute atomic E-state index is 0.701. The highest BCUT2D eigenvalue weighted by Crippen LogP contribution is 2.35. The maximum absolute atomic E-state index is 9.03. The van der Waals surface area contributed by atoms with Crippen LogP contribution in [0.1, 0.15) is 32.6 Å². The van der Waals surface area contributed by atoms with E-state index in [2.05, 4.69) is 41.8 Å². The largest absolute Gasteiger partial charge is 0.569 e. The molecule has 3 rings (SSSR count). The van der Waals surface area contributed by atoms with E-state index in [1.54, 1.807) is 0 Å². The molecule has 0 fully saturated rings. The van der Waals surface area contributed by atoms with Gasteiger partial charge in [0.1, 0.15) is 5.75 Å². The second kappa shape index (κ2) is 6.88. The van der Waals surface area contributed by atoms with Crippen LogP contribution in [-0.2, 0) is 6.54 Å². The number of nitrogens with zero attached hydrogens (tertiary/aromatic N) is 1. The number of fused-ring (bicyclic) bond motifs is 3. The van der Waals surface area contributed by atoms with Crippen molar-refractivity contribution in [3.63, 3.8) is 0 Å². The standard InChI is InChI=1S/C18H21BNO2/c1-2-3-4-7-13-20-16-11-6-5-9-14(16)15-10-8-12-17(18(15)20)22-19-21/h5-6,8-12,21H,2-4,7,13H2,1H3. The predicted molar refractivity (Wildman–Crippen MR) is 92.2 cm³/mol. The van der Waals surface area contributed by atoms with Gasteiger partial charge in [-0.05, 0) is 18.6 Å². The second-order valence-electron chi connectivity index (χ2n) is 5.61. The molecule has 22 heavy (non-hydrogen) atoms. The molecule has 1 N–H and O–H groups in total. The van der Waals surface area contributed by atoms with Crippen molar-refractivity contribution in [1.29, 1.82) is 0 Å². The van der Waals surface area contributed by atoms with E-state index in [4.69, 9.17) is 9.68 Å². The van der Waals surface area contributed by atoms with E-state index in [1.807, 2.05) is 12.1 Å². The summed E-state index contributed by atoms with van der Waals surface area (Å²) in [6, 6.07) is 14.4. The van der Waals surface area contributed by atoms with E-state index in [0.717, 1.165) is 26.2 Å². The van der Waals surface area contributed by atoms with E-state index in [1.165, 1.54) is 35.6 Å². The van der Waals surface area contributed by atoms with Gasteiger partial charge in [-0.15, -0.1) is 0 Å². The molecule has 4 heteroatoms. The summed E-state index contributed by atoms with van der Waals surface area (Å²) in [5, 5.41) is 11.4. The third-order valence-corrected chi connectivity index (χ3v) is 4.17. The first-order valence-corrected chi connectivity index (χ1v) is 7.99. The van der Waals surface area contributed by atoms with E-state index >= 15 is 0 Å². The summed E-state index contributed by atoms with van der Waals surface area (Å²) >= 11 is 0. The SMILES string of the molecule is CCCCCCn1c2ccccc2c2cccc(O[B]O)c21. The maximum Gasteiger partial charge on any atom is 0.569 e. The van der Waals surface area contributed by atoms with Crippen LogP contribution in [0.25, 0.3) is 21.8 Å². The van der Waals surface area contributed by atoms with Gasteiger partial charge in [0.15, 0.2) is 0 Å². The van der Waals surface area contributed by atoms with Crippen LogP contribution in [0.15, 0.2) is 42.5 Å². The van der Waals surface area contributed by atoms with Crippen molar-refractivity contribution in [1.82, 2.24) is 4.57 Å². The molecular weight excluding hydrogens is 273 g/mol. The normalized spacial score (nSPS) is 11.2. The molecule has 0 aliphatic rings. The topological polar surface area (TPSA) is 34.4 Å². The van der Waals surface area contributed by atoms with Gasteiger partial charge in [0.2, 0.25) is 0 Å². The zero-order chi connectivity index (χ0) is 15.4. The minimum Gasteiger partial charge on any atom is -0.536 e. The summed E-state index contributed by atoms with van der Waals surface area (Å²) in [7, 11) is 0.758. The fraction of sp³-hybridized carbons (Fsp3) is 0.333. The number of hydrogen-bond donors (Lipinski definition) is 1. The highest BCUT2D eigenvalue weighted by Gasteiger charge is 2.14. The zero-order valence-corrected chi connectivity index (χ0v) is 13.0. The molecule has 0 atom stereocenters. The molecule has 0 bridgehead atoms. The molecule has 0 saturated carbocycles. The number of para-hydroxylation sites is 2. The zero-order valence-electron chi connectivity index (χ0n) is 13.0. The number of benzene rings is 2. The van der Waals surface area contributed by atoms with Crippen molar-refractivity contribution in [3.8, 4) is 5.75 Å². The summed E-state index contributed by atoms with van der Waals surface area (Å²) in [5.74, 6) is 0.701. The highest BCUT2D eigenvalue weighted by molar-refractivity contribution is 6.19. The lowest BCUT2D eigenvalue weighted by Gasteiger charge is -2.10. The molecular formula is C18H21BNO2. The average Bonchev–Trinajstić information content (AvgIpc) is 2.87. The van der Waals surface area contributed by atoms with Crippen LogP contribution in [0.3, 0.4) is 0 Å². The van der Waals surface area contributed by atoms with E-state index in [0.29, 0.717) is 5.75 Å². The molecule has 1 aromatic heterocycles. The summed E-state index contributed by atoms with van der Waals surface area (Å²) < 4.78 is 7.65. The number of rotatable bonds is 7. The van der Waals surface area contributed by atoms with Gasteiger partial charge in [0, 0.05) is 22.8 Å². The summed E-state index contributed by atoms with van der Waals surface area (Å²) in [4.78, 5) is 0. The number of hydrogen-bond acceptors (Lipinski definition) is 2. The molecule has 1 heterocycles. The van der Waals surface area contributed by atoms with Crippen LogP contribution < -0.4 is 4.65 Å². The first-order chi connectivity index (χ1) is 10.9. The lowest BCUT2D eigenvalue weighted by Crippen LogP contribution is -2.03. The third kappa shape index (κ3) is 2.71. The van der Waals surface area contributed by atoms with E-state index < -0.39 is 0 Å². The van der Waals surface area contributed by atoms with Crippen LogP contribution in [-0.4, -0.2) is 17.3 Å². The molecule has 0 spiro atoms. The molecule has 3 aromatic rings. The van der Waals surface area contributed by atoms with Crippen LogP contribution in [0.5, 0.6) is 5.75 Å². The van der Waals surface area contributed by atoms with Gasteiger partial charge < -0.3 is 14.2 Å². The van der Waals surface area contributed by atoms with E-state index in [-0.39, 0.29) is 0 Å². The van der Waals surface area contributed by atoms with Crippen LogP contribution in [0.2, 0.25) is 0 Å². The van der Waals surface area contributed by atoms with Crippen LogP contribution in [0, 0.1) is 0 Å². The Morgan fingerprint density at radius 3 is 2.64 bits per heavy atom. The lowest BCUT2D eigenvalue weighted by molar-refractivity contribution is 0.455. The highest BCUT2D eigenvalue weighted by atomic mass is 16.5. The molecule has 113 valence electrons. The molecule has 3 nitrogen and oxygen atoms in total. The Kier molecular flexibility index (Phi) is 4.69. The fourth-order valence-electron chi connectivity index (χ4n) is 3.16. The monoisotopic (exact) mass is 294 g/mol. The molecule has 0 saturated heterocycles. The third-order valence-electron chi connectivity index (χ3n) is 4.17. The van der Waals surface area contributed by atoms with Gasteiger partial charge in [0.05, 0.1) is 5.52 Å². The lowest BCUT2D eigenvalue weighted by atomic mass is 10.1. The summed E-state index contributed by atoms with van der Waals surface area (Å²) in [6.07, 6.45) is 4.89.